The molecule has 3 nitrogen and oxygen atoms in total. The fourth-order valence-corrected chi connectivity index (χ4v) is 2.31. The average molecular weight is 289 g/mol. The summed E-state index contributed by atoms with van der Waals surface area (Å²) in [5, 5.41) is 3.92. The molecular weight excluding hydrogens is 272 g/mol. The van der Waals surface area contributed by atoms with Gasteiger partial charge in [-0.25, -0.2) is 0 Å². The topological polar surface area (TPSA) is 55.1 Å². The first-order valence-electron chi connectivity index (χ1n) is 6.49. The van der Waals surface area contributed by atoms with Crippen molar-refractivity contribution in [2.75, 3.05) is 6.54 Å². The van der Waals surface area contributed by atoms with E-state index in [4.69, 9.17) is 17.3 Å². The van der Waals surface area contributed by atoms with Gasteiger partial charge >= 0.3 is 0 Å². The van der Waals surface area contributed by atoms with E-state index in [1.807, 2.05) is 54.6 Å². The van der Waals surface area contributed by atoms with E-state index in [-0.39, 0.29) is 5.91 Å². The number of nitrogens with two attached hydrogens (primary N) is 1. The van der Waals surface area contributed by atoms with Gasteiger partial charge in [-0.3, -0.25) is 4.79 Å². The highest BCUT2D eigenvalue weighted by molar-refractivity contribution is 6.31. The first kappa shape index (κ1) is 14.6. The molecule has 0 aromatic heterocycles. The summed E-state index contributed by atoms with van der Waals surface area (Å²) < 4.78 is 0. The van der Waals surface area contributed by atoms with Crippen LogP contribution in [0.1, 0.15) is 17.2 Å². The van der Waals surface area contributed by atoms with Crippen molar-refractivity contribution in [3.05, 3.63) is 70.7 Å². The maximum Gasteiger partial charge on any atom is 0.239 e. The van der Waals surface area contributed by atoms with Gasteiger partial charge in [0.1, 0.15) is 6.04 Å². The lowest BCUT2D eigenvalue weighted by molar-refractivity contribution is -0.120. The fraction of sp³-hybridized carbons (Fsp3) is 0.188. The Balaban J connectivity index is 1.97. The van der Waals surface area contributed by atoms with Crippen molar-refractivity contribution < 1.29 is 4.79 Å². The van der Waals surface area contributed by atoms with Gasteiger partial charge < -0.3 is 11.1 Å². The van der Waals surface area contributed by atoms with Gasteiger partial charge in [0.2, 0.25) is 5.91 Å². The van der Waals surface area contributed by atoms with Gasteiger partial charge in [-0.05, 0) is 23.6 Å². The largest absolute Gasteiger partial charge is 0.368 e. The molecule has 3 N–H and O–H groups in total. The van der Waals surface area contributed by atoms with Crippen LogP contribution < -0.4 is 11.1 Å². The van der Waals surface area contributed by atoms with E-state index in [1.54, 1.807) is 0 Å². The second-order valence-corrected chi connectivity index (χ2v) is 4.95. The third-order valence-electron chi connectivity index (χ3n) is 3.12. The molecule has 0 saturated heterocycles. The van der Waals surface area contributed by atoms with Gasteiger partial charge in [0.05, 0.1) is 0 Å². The van der Waals surface area contributed by atoms with Gasteiger partial charge in [-0.1, -0.05) is 60.1 Å². The second-order valence-electron chi connectivity index (χ2n) is 4.54. The maximum atomic E-state index is 11.5. The third-order valence-corrected chi connectivity index (χ3v) is 3.49. The van der Waals surface area contributed by atoms with Crippen LogP contribution in [-0.2, 0) is 11.2 Å². The molecular formula is C16H17ClN2O. The van der Waals surface area contributed by atoms with Crippen LogP contribution in [0.5, 0.6) is 0 Å². The zero-order valence-corrected chi connectivity index (χ0v) is 11.8. The molecule has 1 unspecified atom stereocenters. The molecule has 0 saturated carbocycles. The van der Waals surface area contributed by atoms with E-state index in [0.717, 1.165) is 22.6 Å². The normalized spacial score (nSPS) is 12.1. The first-order valence-corrected chi connectivity index (χ1v) is 6.87. The molecule has 2 rings (SSSR count). The van der Waals surface area contributed by atoms with Crippen molar-refractivity contribution in [1.82, 2.24) is 5.32 Å². The number of halogens is 1. The Morgan fingerprint density at radius 3 is 2.40 bits per heavy atom. The average Bonchev–Trinajstić information content (AvgIpc) is 2.46. The number of amides is 1. The minimum absolute atomic E-state index is 0.379. The van der Waals surface area contributed by atoms with Crippen LogP contribution in [0.2, 0.25) is 5.02 Å². The van der Waals surface area contributed by atoms with E-state index < -0.39 is 6.04 Å². The summed E-state index contributed by atoms with van der Waals surface area (Å²) in [6.07, 6.45) is 0.746. The third kappa shape index (κ3) is 3.83. The summed E-state index contributed by atoms with van der Waals surface area (Å²) in [5.74, 6) is -0.379. The van der Waals surface area contributed by atoms with Crippen LogP contribution in [0.3, 0.4) is 0 Å². The van der Waals surface area contributed by atoms with Crippen LogP contribution in [0, 0.1) is 0 Å². The molecule has 0 aliphatic rings. The van der Waals surface area contributed by atoms with E-state index in [1.165, 1.54) is 0 Å². The number of primary amides is 1. The van der Waals surface area contributed by atoms with Gasteiger partial charge in [0.25, 0.3) is 0 Å². The lowest BCUT2D eigenvalue weighted by atomic mass is 10.1. The molecule has 104 valence electrons. The van der Waals surface area contributed by atoms with Crippen molar-refractivity contribution in [3.8, 4) is 0 Å². The van der Waals surface area contributed by atoms with E-state index in [9.17, 15) is 4.79 Å². The maximum absolute atomic E-state index is 11.5. The molecule has 0 bridgehead atoms. The zero-order valence-electron chi connectivity index (χ0n) is 11.1. The Morgan fingerprint density at radius 1 is 1.10 bits per heavy atom. The van der Waals surface area contributed by atoms with Crippen LogP contribution in [0.25, 0.3) is 0 Å². The summed E-state index contributed by atoms with van der Waals surface area (Å²) in [6, 6.07) is 16.7. The van der Waals surface area contributed by atoms with Crippen LogP contribution >= 0.6 is 11.6 Å². The smallest absolute Gasteiger partial charge is 0.239 e. The molecule has 0 heterocycles. The fourth-order valence-electron chi connectivity index (χ4n) is 2.08. The minimum Gasteiger partial charge on any atom is -0.368 e. The molecule has 1 atom stereocenters. The van der Waals surface area contributed by atoms with Crippen molar-refractivity contribution in [2.24, 2.45) is 5.73 Å². The van der Waals surface area contributed by atoms with Gasteiger partial charge in [0, 0.05) is 11.6 Å². The number of rotatable bonds is 6. The molecule has 2 aromatic rings. The molecule has 20 heavy (non-hydrogen) atoms. The Bertz CT molecular complexity index is 572. The molecule has 0 spiro atoms. The number of hydrogen-bond acceptors (Lipinski definition) is 2. The summed E-state index contributed by atoms with van der Waals surface area (Å²) in [4.78, 5) is 11.5. The highest BCUT2D eigenvalue weighted by Crippen LogP contribution is 2.16. The Labute approximate surface area is 123 Å². The standard InChI is InChI=1S/C16H17ClN2O/c17-14-9-5-4-6-12(14)10-11-19-15(16(18)20)13-7-2-1-3-8-13/h1-9,15,19H,10-11H2,(H2,18,20). The van der Waals surface area contributed by atoms with Gasteiger partial charge in [0.15, 0.2) is 0 Å². The predicted molar refractivity (Wildman–Crippen MR) is 81.5 cm³/mol. The lowest BCUT2D eigenvalue weighted by Gasteiger charge is -2.16. The van der Waals surface area contributed by atoms with Gasteiger partial charge in [-0.15, -0.1) is 0 Å². The van der Waals surface area contributed by atoms with Crippen molar-refractivity contribution in [1.29, 1.82) is 0 Å². The number of nitrogens with one attached hydrogen (secondary N) is 1. The Hall–Kier alpha value is -1.84. The second kappa shape index (κ2) is 7.08. The molecule has 1 amide bonds. The van der Waals surface area contributed by atoms with E-state index in [0.29, 0.717) is 6.54 Å². The van der Waals surface area contributed by atoms with Gasteiger partial charge in [-0.2, -0.15) is 0 Å². The summed E-state index contributed by atoms with van der Waals surface area (Å²) >= 11 is 6.10. The number of benzene rings is 2. The van der Waals surface area contributed by atoms with E-state index >= 15 is 0 Å². The van der Waals surface area contributed by atoms with Crippen molar-refractivity contribution in [2.45, 2.75) is 12.5 Å². The summed E-state index contributed by atoms with van der Waals surface area (Å²) in [6.45, 7) is 0.631. The molecule has 0 fully saturated rings. The van der Waals surface area contributed by atoms with Crippen LogP contribution in [0.4, 0.5) is 0 Å². The highest BCUT2D eigenvalue weighted by Gasteiger charge is 2.16. The summed E-state index contributed by atoms with van der Waals surface area (Å²) in [7, 11) is 0. The number of carbonyl (C=O) groups is 1. The zero-order chi connectivity index (χ0) is 14.4. The van der Waals surface area contributed by atoms with Crippen molar-refractivity contribution >= 4 is 17.5 Å². The highest BCUT2D eigenvalue weighted by atomic mass is 35.5. The lowest BCUT2D eigenvalue weighted by Crippen LogP contribution is -2.34. The Kier molecular flexibility index (Phi) is 5.16. The monoisotopic (exact) mass is 288 g/mol. The molecule has 4 heteroatoms. The van der Waals surface area contributed by atoms with Crippen molar-refractivity contribution in [3.63, 3.8) is 0 Å². The molecule has 0 aliphatic heterocycles. The van der Waals surface area contributed by atoms with Crippen LogP contribution in [-0.4, -0.2) is 12.5 Å². The summed E-state index contributed by atoms with van der Waals surface area (Å²) in [5.41, 5.74) is 7.38. The minimum atomic E-state index is -0.473. The number of hydrogen-bond donors (Lipinski definition) is 2. The molecule has 0 aliphatic carbocycles. The quantitative estimate of drug-likeness (QED) is 0.859. The number of carbonyl (C=O) groups excluding carboxylic acids is 1. The first-order chi connectivity index (χ1) is 9.68. The Morgan fingerprint density at radius 2 is 1.75 bits per heavy atom. The SMILES string of the molecule is NC(=O)C(NCCc1ccccc1Cl)c1ccccc1. The molecule has 0 radical (unpaired) electrons. The molecule has 2 aromatic carbocycles. The van der Waals surface area contributed by atoms with Crippen LogP contribution in [0.15, 0.2) is 54.6 Å². The predicted octanol–water partition coefficient (Wildman–Crippen LogP) is 2.70. The van der Waals surface area contributed by atoms with E-state index in [2.05, 4.69) is 5.32 Å².